The van der Waals surface area contributed by atoms with Crippen LogP contribution in [-0.4, -0.2) is 24.3 Å². The Kier molecular flexibility index (Phi) is 6.09. The SMILES string of the molecule is COCCCCn1cc(CNC(C)C)c2ccc(Cl)cc21. The van der Waals surface area contributed by atoms with Gasteiger partial charge in [-0.25, -0.2) is 0 Å². The number of rotatable bonds is 8. The van der Waals surface area contributed by atoms with Crippen molar-refractivity contribution in [2.24, 2.45) is 0 Å². The van der Waals surface area contributed by atoms with E-state index in [1.807, 2.05) is 6.07 Å². The molecule has 1 aromatic heterocycles. The summed E-state index contributed by atoms with van der Waals surface area (Å²) in [4.78, 5) is 0. The van der Waals surface area contributed by atoms with E-state index in [4.69, 9.17) is 16.3 Å². The maximum absolute atomic E-state index is 6.16. The molecule has 116 valence electrons. The Morgan fingerprint density at radius 3 is 2.81 bits per heavy atom. The average Bonchev–Trinajstić information content (AvgIpc) is 2.79. The molecule has 1 N–H and O–H groups in total. The summed E-state index contributed by atoms with van der Waals surface area (Å²) in [6.07, 6.45) is 4.45. The number of halogens is 1. The number of ether oxygens (including phenoxy) is 1. The van der Waals surface area contributed by atoms with Crippen LogP contribution in [0.15, 0.2) is 24.4 Å². The van der Waals surface area contributed by atoms with Crippen LogP contribution in [0, 0.1) is 0 Å². The Labute approximate surface area is 132 Å². The predicted molar refractivity (Wildman–Crippen MR) is 90.0 cm³/mol. The van der Waals surface area contributed by atoms with Crippen LogP contribution in [0.1, 0.15) is 32.3 Å². The molecule has 21 heavy (non-hydrogen) atoms. The maximum Gasteiger partial charge on any atom is 0.0498 e. The Balaban J connectivity index is 2.20. The molecular weight excluding hydrogens is 284 g/mol. The molecule has 0 aliphatic heterocycles. The zero-order valence-corrected chi connectivity index (χ0v) is 13.9. The fourth-order valence-electron chi connectivity index (χ4n) is 2.51. The number of fused-ring (bicyclic) bond motifs is 1. The molecule has 1 heterocycles. The minimum absolute atomic E-state index is 0.484. The molecular formula is C17H25ClN2O. The summed E-state index contributed by atoms with van der Waals surface area (Å²) in [6.45, 7) is 7.05. The molecule has 0 fully saturated rings. The summed E-state index contributed by atoms with van der Waals surface area (Å²) >= 11 is 6.16. The number of aromatic nitrogens is 1. The lowest BCUT2D eigenvalue weighted by Crippen LogP contribution is -2.21. The molecule has 2 rings (SSSR count). The number of nitrogens with zero attached hydrogens (tertiary/aromatic N) is 1. The lowest BCUT2D eigenvalue weighted by atomic mass is 10.1. The number of hydrogen-bond donors (Lipinski definition) is 1. The van der Waals surface area contributed by atoms with Crippen molar-refractivity contribution >= 4 is 22.5 Å². The molecule has 1 aromatic carbocycles. The Bertz CT molecular complexity index is 577. The van der Waals surface area contributed by atoms with E-state index >= 15 is 0 Å². The first-order chi connectivity index (χ1) is 10.1. The third kappa shape index (κ3) is 4.47. The third-order valence-electron chi connectivity index (χ3n) is 3.63. The first-order valence-electron chi connectivity index (χ1n) is 7.61. The zero-order valence-electron chi connectivity index (χ0n) is 13.2. The highest BCUT2D eigenvalue weighted by Crippen LogP contribution is 2.25. The van der Waals surface area contributed by atoms with Gasteiger partial charge >= 0.3 is 0 Å². The van der Waals surface area contributed by atoms with Gasteiger partial charge in [0, 0.05) is 55.0 Å². The molecule has 2 aromatic rings. The van der Waals surface area contributed by atoms with Crippen molar-refractivity contribution in [1.82, 2.24) is 9.88 Å². The molecule has 0 atom stereocenters. The van der Waals surface area contributed by atoms with E-state index < -0.39 is 0 Å². The van der Waals surface area contributed by atoms with Crippen molar-refractivity contribution in [3.63, 3.8) is 0 Å². The van der Waals surface area contributed by atoms with E-state index in [1.54, 1.807) is 7.11 Å². The fourth-order valence-corrected chi connectivity index (χ4v) is 2.68. The first-order valence-corrected chi connectivity index (χ1v) is 7.99. The van der Waals surface area contributed by atoms with Crippen LogP contribution in [0.5, 0.6) is 0 Å². The van der Waals surface area contributed by atoms with Gasteiger partial charge in [-0.15, -0.1) is 0 Å². The van der Waals surface area contributed by atoms with E-state index in [1.165, 1.54) is 16.5 Å². The molecule has 3 nitrogen and oxygen atoms in total. The molecule has 4 heteroatoms. The van der Waals surface area contributed by atoms with Gasteiger partial charge in [-0.05, 0) is 30.5 Å². The second-order valence-corrected chi connectivity index (χ2v) is 6.18. The van der Waals surface area contributed by atoms with Gasteiger partial charge in [0.15, 0.2) is 0 Å². The van der Waals surface area contributed by atoms with Crippen LogP contribution in [0.4, 0.5) is 0 Å². The average molecular weight is 309 g/mol. The highest BCUT2D eigenvalue weighted by Gasteiger charge is 2.09. The lowest BCUT2D eigenvalue weighted by Gasteiger charge is -2.06. The molecule has 0 unspecified atom stereocenters. The topological polar surface area (TPSA) is 26.2 Å². The van der Waals surface area contributed by atoms with Gasteiger partial charge in [-0.2, -0.15) is 0 Å². The lowest BCUT2D eigenvalue weighted by molar-refractivity contribution is 0.191. The van der Waals surface area contributed by atoms with Crippen LogP contribution in [-0.2, 0) is 17.8 Å². The number of methoxy groups -OCH3 is 1. The summed E-state index contributed by atoms with van der Waals surface area (Å²) in [6, 6.07) is 6.64. The van der Waals surface area contributed by atoms with Crippen molar-refractivity contribution in [2.45, 2.75) is 45.8 Å². The van der Waals surface area contributed by atoms with E-state index in [9.17, 15) is 0 Å². The Hall–Kier alpha value is -1.03. The number of unbranched alkanes of at least 4 members (excludes halogenated alkanes) is 1. The summed E-state index contributed by atoms with van der Waals surface area (Å²) < 4.78 is 7.43. The summed E-state index contributed by atoms with van der Waals surface area (Å²) in [5, 5.41) is 5.58. The zero-order chi connectivity index (χ0) is 15.2. The molecule has 0 saturated carbocycles. The number of nitrogens with one attached hydrogen (secondary N) is 1. The summed E-state index contributed by atoms with van der Waals surface area (Å²) in [5.41, 5.74) is 2.56. The third-order valence-corrected chi connectivity index (χ3v) is 3.86. The monoisotopic (exact) mass is 308 g/mol. The second-order valence-electron chi connectivity index (χ2n) is 5.74. The molecule has 0 aliphatic carbocycles. The van der Waals surface area contributed by atoms with E-state index in [2.05, 4.69) is 42.1 Å². The summed E-state index contributed by atoms with van der Waals surface area (Å²) in [7, 11) is 1.75. The number of aryl methyl sites for hydroxylation is 1. The minimum Gasteiger partial charge on any atom is -0.385 e. The van der Waals surface area contributed by atoms with Gasteiger partial charge in [0.25, 0.3) is 0 Å². The molecule has 0 amide bonds. The van der Waals surface area contributed by atoms with Gasteiger partial charge < -0.3 is 14.6 Å². The smallest absolute Gasteiger partial charge is 0.0498 e. The number of benzene rings is 1. The van der Waals surface area contributed by atoms with Crippen LogP contribution in [0.3, 0.4) is 0 Å². The number of hydrogen-bond acceptors (Lipinski definition) is 2. The molecule has 0 spiro atoms. The van der Waals surface area contributed by atoms with Crippen molar-refractivity contribution < 1.29 is 4.74 Å². The molecule has 0 aliphatic rings. The van der Waals surface area contributed by atoms with Gasteiger partial charge in [-0.3, -0.25) is 0 Å². The minimum atomic E-state index is 0.484. The van der Waals surface area contributed by atoms with Crippen LogP contribution in [0.25, 0.3) is 10.9 Å². The van der Waals surface area contributed by atoms with Crippen LogP contribution >= 0.6 is 11.6 Å². The fraction of sp³-hybridized carbons (Fsp3) is 0.529. The summed E-state index contributed by atoms with van der Waals surface area (Å²) in [5.74, 6) is 0. The highest BCUT2D eigenvalue weighted by molar-refractivity contribution is 6.31. The highest BCUT2D eigenvalue weighted by atomic mass is 35.5. The van der Waals surface area contributed by atoms with Crippen LogP contribution in [0.2, 0.25) is 5.02 Å². The van der Waals surface area contributed by atoms with Crippen molar-refractivity contribution in [3.05, 3.63) is 35.0 Å². The first kappa shape index (κ1) is 16.3. The van der Waals surface area contributed by atoms with E-state index in [0.717, 1.165) is 37.6 Å². The second kappa shape index (κ2) is 7.83. The molecule has 0 bridgehead atoms. The van der Waals surface area contributed by atoms with Crippen LogP contribution < -0.4 is 5.32 Å². The van der Waals surface area contributed by atoms with E-state index in [0.29, 0.717) is 6.04 Å². The molecule has 0 radical (unpaired) electrons. The normalized spacial score (nSPS) is 11.7. The van der Waals surface area contributed by atoms with Gasteiger partial charge in [0.05, 0.1) is 0 Å². The predicted octanol–water partition coefficient (Wildman–Crippen LogP) is 4.22. The standard InChI is InChI=1S/C17H25ClN2O/c1-13(2)19-11-14-12-20(8-4-5-9-21-3)17-10-15(18)6-7-16(14)17/h6-7,10,12-13,19H,4-5,8-9,11H2,1-3H3. The van der Waals surface area contributed by atoms with Gasteiger partial charge in [0.1, 0.15) is 0 Å². The van der Waals surface area contributed by atoms with Gasteiger partial charge in [-0.1, -0.05) is 31.5 Å². The van der Waals surface area contributed by atoms with E-state index in [-0.39, 0.29) is 0 Å². The maximum atomic E-state index is 6.16. The van der Waals surface area contributed by atoms with Crippen molar-refractivity contribution in [3.8, 4) is 0 Å². The largest absolute Gasteiger partial charge is 0.385 e. The molecule has 0 saturated heterocycles. The van der Waals surface area contributed by atoms with Crippen molar-refractivity contribution in [1.29, 1.82) is 0 Å². The Morgan fingerprint density at radius 1 is 1.29 bits per heavy atom. The Morgan fingerprint density at radius 2 is 2.10 bits per heavy atom. The van der Waals surface area contributed by atoms with Gasteiger partial charge in [0.2, 0.25) is 0 Å². The van der Waals surface area contributed by atoms with Crippen molar-refractivity contribution in [2.75, 3.05) is 13.7 Å². The quantitative estimate of drug-likeness (QED) is 0.739.